The molecule has 2 aromatic heterocycles. The lowest BCUT2D eigenvalue weighted by Crippen LogP contribution is -2.05. The van der Waals surface area contributed by atoms with Crippen molar-refractivity contribution in [2.24, 2.45) is 14.1 Å². The van der Waals surface area contributed by atoms with E-state index in [1.807, 2.05) is 13.8 Å². The Morgan fingerprint density at radius 1 is 0.568 bits per heavy atom. The Hall–Kier alpha value is -3.46. The molecule has 0 saturated carbocycles. The third-order valence-electron chi connectivity index (χ3n) is 7.92. The highest BCUT2D eigenvalue weighted by molar-refractivity contribution is 6.24. The minimum atomic E-state index is 1.04. The highest BCUT2D eigenvalue weighted by Gasteiger charge is 2.13. The molecule has 0 fully saturated rings. The maximum absolute atomic E-state index is 3.70. The summed E-state index contributed by atoms with van der Waals surface area (Å²) >= 11 is 0. The summed E-state index contributed by atoms with van der Waals surface area (Å²) in [7, 11) is 4.29. The summed E-state index contributed by atoms with van der Waals surface area (Å²) in [5, 5.41) is 14.3. The molecule has 0 aliphatic heterocycles. The highest BCUT2D eigenvalue weighted by atomic mass is 15.1. The van der Waals surface area contributed by atoms with E-state index in [1.165, 1.54) is 98.5 Å². The van der Waals surface area contributed by atoms with Crippen LogP contribution in [0.3, 0.4) is 0 Å². The van der Waals surface area contributed by atoms with Crippen LogP contribution in [0.25, 0.3) is 54.1 Å². The van der Waals surface area contributed by atoms with E-state index in [2.05, 4.69) is 102 Å². The SMILES string of the molecule is CC.CCCCCCCCNc1cc2c3ccc4c(ccc5c4ccc4c5ccn4C)c3ccc2n1C. The van der Waals surface area contributed by atoms with Gasteiger partial charge in [-0.3, -0.25) is 0 Å². The van der Waals surface area contributed by atoms with E-state index < -0.39 is 0 Å². The monoisotopic (exact) mass is 491 g/mol. The molecule has 37 heavy (non-hydrogen) atoms. The number of anilines is 1. The number of rotatable bonds is 8. The third kappa shape index (κ3) is 4.45. The molecule has 3 heteroatoms. The second-order valence-electron chi connectivity index (χ2n) is 10.1. The van der Waals surface area contributed by atoms with Gasteiger partial charge in [-0.15, -0.1) is 0 Å². The molecular formula is C34H41N3. The molecule has 3 nitrogen and oxygen atoms in total. The first-order valence-corrected chi connectivity index (χ1v) is 14.2. The fourth-order valence-corrected chi connectivity index (χ4v) is 5.91. The first kappa shape index (κ1) is 25.2. The summed E-state index contributed by atoms with van der Waals surface area (Å²) in [6.45, 7) is 7.31. The number of fused-ring (bicyclic) bond motifs is 9. The summed E-state index contributed by atoms with van der Waals surface area (Å²) in [5.41, 5.74) is 2.57. The summed E-state index contributed by atoms with van der Waals surface area (Å²) in [6.07, 6.45) is 10.1. The topological polar surface area (TPSA) is 21.9 Å². The summed E-state index contributed by atoms with van der Waals surface area (Å²) < 4.78 is 4.51. The van der Waals surface area contributed by atoms with Gasteiger partial charge in [-0.2, -0.15) is 0 Å². The minimum Gasteiger partial charge on any atom is -0.371 e. The molecule has 0 atom stereocenters. The van der Waals surface area contributed by atoms with E-state index in [0.717, 1.165) is 6.54 Å². The molecule has 0 aliphatic carbocycles. The number of unbranched alkanes of at least 4 members (excludes halogenated alkanes) is 5. The first-order chi connectivity index (χ1) is 18.2. The molecule has 1 N–H and O–H groups in total. The van der Waals surface area contributed by atoms with Crippen molar-refractivity contribution in [2.45, 2.75) is 59.3 Å². The zero-order chi connectivity index (χ0) is 25.9. The minimum absolute atomic E-state index is 1.04. The second kappa shape index (κ2) is 10.9. The van der Waals surface area contributed by atoms with Crippen molar-refractivity contribution >= 4 is 59.9 Å². The molecule has 0 aliphatic rings. The Bertz CT molecular complexity index is 1680. The van der Waals surface area contributed by atoms with Crippen LogP contribution in [0.4, 0.5) is 5.82 Å². The smallest absolute Gasteiger partial charge is 0.106 e. The Kier molecular flexibility index (Phi) is 7.41. The lowest BCUT2D eigenvalue weighted by Gasteiger charge is -2.10. The van der Waals surface area contributed by atoms with Crippen molar-refractivity contribution in [2.75, 3.05) is 11.9 Å². The van der Waals surface area contributed by atoms with Gasteiger partial charge in [0, 0.05) is 43.1 Å². The van der Waals surface area contributed by atoms with Gasteiger partial charge in [-0.05, 0) is 63.0 Å². The molecule has 192 valence electrons. The van der Waals surface area contributed by atoms with Crippen molar-refractivity contribution in [3.8, 4) is 0 Å². The Labute approximate surface area is 221 Å². The van der Waals surface area contributed by atoms with Gasteiger partial charge in [0.2, 0.25) is 0 Å². The Morgan fingerprint density at radius 3 is 1.73 bits per heavy atom. The summed E-state index contributed by atoms with van der Waals surface area (Å²) in [6, 6.07) is 23.0. The zero-order valence-corrected chi connectivity index (χ0v) is 23.2. The number of benzene rings is 4. The number of nitrogens with zero attached hydrogens (tertiary/aromatic N) is 2. The van der Waals surface area contributed by atoms with Gasteiger partial charge in [0.1, 0.15) is 5.82 Å². The maximum atomic E-state index is 3.70. The average Bonchev–Trinajstić information content (AvgIpc) is 3.48. The van der Waals surface area contributed by atoms with E-state index in [0.29, 0.717) is 0 Å². The standard InChI is InChI=1S/C32H35N3.C2H6/c1-4-5-6-7-8-9-19-33-32-21-29-27-13-11-22-23(25(27)15-17-31(29)35(32)3)10-12-26-24(22)14-16-30-28(26)18-20-34(30)2;1-2/h10-18,20-21,33H,4-9,19H2,1-3H3;1-2H3. The van der Waals surface area contributed by atoms with Gasteiger partial charge in [0.15, 0.2) is 0 Å². The summed E-state index contributed by atoms with van der Waals surface area (Å²) in [4.78, 5) is 0. The number of hydrogen-bond donors (Lipinski definition) is 1. The third-order valence-corrected chi connectivity index (χ3v) is 7.92. The zero-order valence-electron chi connectivity index (χ0n) is 23.2. The van der Waals surface area contributed by atoms with E-state index in [-0.39, 0.29) is 0 Å². The Morgan fingerprint density at radius 2 is 1.08 bits per heavy atom. The van der Waals surface area contributed by atoms with Gasteiger partial charge >= 0.3 is 0 Å². The molecule has 0 bridgehead atoms. The van der Waals surface area contributed by atoms with Crippen LogP contribution in [0.1, 0.15) is 59.3 Å². The molecule has 0 saturated heterocycles. The quantitative estimate of drug-likeness (QED) is 0.166. The number of aromatic nitrogens is 2. The lowest BCUT2D eigenvalue weighted by atomic mass is 9.94. The normalized spacial score (nSPS) is 11.6. The number of nitrogens with one attached hydrogen (secondary N) is 1. The van der Waals surface area contributed by atoms with E-state index in [4.69, 9.17) is 0 Å². The first-order valence-electron chi connectivity index (χ1n) is 14.2. The van der Waals surface area contributed by atoms with E-state index in [9.17, 15) is 0 Å². The van der Waals surface area contributed by atoms with Crippen molar-refractivity contribution in [1.29, 1.82) is 0 Å². The van der Waals surface area contributed by atoms with Crippen molar-refractivity contribution < 1.29 is 0 Å². The van der Waals surface area contributed by atoms with Crippen LogP contribution in [0.5, 0.6) is 0 Å². The molecule has 0 unspecified atom stereocenters. The van der Waals surface area contributed by atoms with Crippen molar-refractivity contribution in [1.82, 2.24) is 9.13 Å². The van der Waals surface area contributed by atoms with Crippen LogP contribution < -0.4 is 5.32 Å². The van der Waals surface area contributed by atoms with Gasteiger partial charge in [-0.25, -0.2) is 0 Å². The van der Waals surface area contributed by atoms with E-state index >= 15 is 0 Å². The van der Waals surface area contributed by atoms with Crippen LogP contribution in [0.2, 0.25) is 0 Å². The van der Waals surface area contributed by atoms with Crippen LogP contribution in [-0.4, -0.2) is 15.7 Å². The van der Waals surface area contributed by atoms with Gasteiger partial charge in [0.25, 0.3) is 0 Å². The fourth-order valence-electron chi connectivity index (χ4n) is 5.91. The second-order valence-corrected chi connectivity index (χ2v) is 10.1. The van der Waals surface area contributed by atoms with Crippen molar-refractivity contribution in [3.05, 3.63) is 66.9 Å². The van der Waals surface area contributed by atoms with Gasteiger partial charge < -0.3 is 14.5 Å². The van der Waals surface area contributed by atoms with Gasteiger partial charge in [0.05, 0.1) is 5.52 Å². The van der Waals surface area contributed by atoms with Gasteiger partial charge in [-0.1, -0.05) is 89.3 Å². The van der Waals surface area contributed by atoms with E-state index in [1.54, 1.807) is 0 Å². The molecule has 0 amide bonds. The molecule has 4 aromatic carbocycles. The van der Waals surface area contributed by atoms with Crippen LogP contribution >= 0.6 is 0 Å². The molecule has 6 aromatic rings. The average molecular weight is 492 g/mol. The predicted molar refractivity (Wildman–Crippen MR) is 165 cm³/mol. The number of aryl methyl sites for hydroxylation is 2. The lowest BCUT2D eigenvalue weighted by molar-refractivity contribution is 0.616. The molecule has 0 radical (unpaired) electrons. The van der Waals surface area contributed by atoms with Crippen LogP contribution in [0, 0.1) is 0 Å². The Balaban J connectivity index is 0.00000137. The summed E-state index contributed by atoms with van der Waals surface area (Å²) in [5.74, 6) is 1.21. The largest absolute Gasteiger partial charge is 0.371 e. The molecule has 6 rings (SSSR count). The molecule has 0 spiro atoms. The molecule has 2 heterocycles. The predicted octanol–water partition coefficient (Wildman–Crippen LogP) is 9.93. The molecular weight excluding hydrogens is 450 g/mol. The maximum Gasteiger partial charge on any atom is 0.106 e. The number of hydrogen-bond acceptors (Lipinski definition) is 1. The highest BCUT2D eigenvalue weighted by Crippen LogP contribution is 2.38. The van der Waals surface area contributed by atoms with Crippen molar-refractivity contribution in [3.63, 3.8) is 0 Å². The fraction of sp³-hybridized carbons (Fsp3) is 0.353. The van der Waals surface area contributed by atoms with Crippen LogP contribution in [-0.2, 0) is 14.1 Å². The van der Waals surface area contributed by atoms with Crippen LogP contribution in [0.15, 0.2) is 66.9 Å².